The molecular formula is C19H19N5O2S. The van der Waals surface area contributed by atoms with Crippen molar-refractivity contribution in [1.29, 1.82) is 0 Å². The highest BCUT2D eigenvalue weighted by atomic mass is 32.1. The zero-order chi connectivity index (χ0) is 18.6. The second-order valence-corrected chi connectivity index (χ2v) is 6.96. The highest BCUT2D eigenvalue weighted by Crippen LogP contribution is 2.23. The fourth-order valence-electron chi connectivity index (χ4n) is 3.02. The van der Waals surface area contributed by atoms with Crippen LogP contribution in [0.25, 0.3) is 10.7 Å². The summed E-state index contributed by atoms with van der Waals surface area (Å²) in [7, 11) is 1.66. The fourth-order valence-corrected chi connectivity index (χ4v) is 3.78. The van der Waals surface area contributed by atoms with Crippen LogP contribution in [0, 0.1) is 0 Å². The predicted octanol–water partition coefficient (Wildman–Crippen LogP) is 2.57. The van der Waals surface area contributed by atoms with E-state index in [2.05, 4.69) is 19.9 Å². The van der Waals surface area contributed by atoms with Crippen molar-refractivity contribution >= 4 is 22.9 Å². The lowest BCUT2D eigenvalue weighted by atomic mass is 10.2. The SMILES string of the molecule is COc1ccc(N2CCN(C(=O)c3csc(-c4cnccn4)n3)CC2)cc1. The van der Waals surface area contributed by atoms with Crippen molar-refractivity contribution in [3.05, 3.63) is 53.9 Å². The quantitative estimate of drug-likeness (QED) is 0.692. The molecule has 0 spiro atoms. The van der Waals surface area contributed by atoms with Crippen molar-refractivity contribution in [3.63, 3.8) is 0 Å². The van der Waals surface area contributed by atoms with Gasteiger partial charge in [0, 0.05) is 49.6 Å². The molecule has 0 unspecified atom stereocenters. The van der Waals surface area contributed by atoms with Crippen molar-refractivity contribution in [1.82, 2.24) is 19.9 Å². The summed E-state index contributed by atoms with van der Waals surface area (Å²) in [4.78, 5) is 29.6. The molecule has 0 bridgehead atoms. The van der Waals surface area contributed by atoms with Crippen LogP contribution in [-0.4, -0.2) is 59.0 Å². The molecule has 1 fully saturated rings. The van der Waals surface area contributed by atoms with Crippen molar-refractivity contribution in [2.75, 3.05) is 38.2 Å². The topological polar surface area (TPSA) is 71.5 Å². The number of carbonyl (C=O) groups is 1. The Labute approximate surface area is 161 Å². The number of piperazine rings is 1. The maximum atomic E-state index is 12.8. The third kappa shape index (κ3) is 3.75. The average Bonchev–Trinajstić information content (AvgIpc) is 3.24. The number of rotatable bonds is 4. The molecule has 4 rings (SSSR count). The Kier molecular flexibility index (Phi) is 4.97. The lowest BCUT2D eigenvalue weighted by Gasteiger charge is -2.35. The van der Waals surface area contributed by atoms with E-state index in [1.807, 2.05) is 29.2 Å². The van der Waals surface area contributed by atoms with Crippen molar-refractivity contribution < 1.29 is 9.53 Å². The summed E-state index contributed by atoms with van der Waals surface area (Å²) >= 11 is 1.41. The molecule has 0 saturated carbocycles. The molecule has 1 aromatic carbocycles. The number of carbonyl (C=O) groups excluding carboxylic acids is 1. The first kappa shape index (κ1) is 17.4. The number of thiazole rings is 1. The van der Waals surface area contributed by atoms with Crippen LogP contribution in [0.3, 0.4) is 0 Å². The number of nitrogens with zero attached hydrogens (tertiary/aromatic N) is 5. The van der Waals surface area contributed by atoms with Gasteiger partial charge in [0.1, 0.15) is 22.1 Å². The van der Waals surface area contributed by atoms with Gasteiger partial charge in [0.2, 0.25) is 0 Å². The van der Waals surface area contributed by atoms with Gasteiger partial charge in [0.05, 0.1) is 13.3 Å². The van der Waals surface area contributed by atoms with Crippen LogP contribution in [0.1, 0.15) is 10.5 Å². The second-order valence-electron chi connectivity index (χ2n) is 6.11. The number of benzene rings is 1. The van der Waals surface area contributed by atoms with Gasteiger partial charge in [-0.25, -0.2) is 4.98 Å². The first-order valence-electron chi connectivity index (χ1n) is 8.65. The summed E-state index contributed by atoms with van der Waals surface area (Å²) in [5.41, 5.74) is 2.30. The Morgan fingerprint density at radius 3 is 2.56 bits per heavy atom. The molecule has 8 heteroatoms. The maximum Gasteiger partial charge on any atom is 0.273 e. The van der Waals surface area contributed by atoms with Crippen molar-refractivity contribution in [3.8, 4) is 16.5 Å². The minimum atomic E-state index is -0.0317. The maximum absolute atomic E-state index is 12.8. The van der Waals surface area contributed by atoms with Crippen LogP contribution < -0.4 is 9.64 Å². The second kappa shape index (κ2) is 7.71. The van der Waals surface area contributed by atoms with E-state index in [4.69, 9.17) is 4.74 Å². The number of ether oxygens (including phenoxy) is 1. The number of hydrogen-bond donors (Lipinski definition) is 0. The summed E-state index contributed by atoms with van der Waals surface area (Å²) in [6, 6.07) is 8.00. The number of anilines is 1. The van der Waals surface area contributed by atoms with Crippen LogP contribution >= 0.6 is 11.3 Å². The standard InChI is InChI=1S/C19H19N5O2S/c1-26-15-4-2-14(3-5-15)23-8-10-24(11-9-23)19(25)17-13-27-18(22-17)16-12-20-6-7-21-16/h2-7,12-13H,8-11H2,1H3. The fraction of sp³-hybridized carbons (Fsp3) is 0.263. The molecule has 0 N–H and O–H groups in total. The molecular weight excluding hydrogens is 362 g/mol. The minimum Gasteiger partial charge on any atom is -0.497 e. The first-order valence-corrected chi connectivity index (χ1v) is 9.53. The van der Waals surface area contributed by atoms with Crippen LogP contribution in [-0.2, 0) is 0 Å². The summed E-state index contributed by atoms with van der Waals surface area (Å²) in [5, 5.41) is 2.51. The van der Waals surface area contributed by atoms with E-state index >= 15 is 0 Å². The van der Waals surface area contributed by atoms with Gasteiger partial charge in [-0.3, -0.25) is 14.8 Å². The minimum absolute atomic E-state index is 0.0317. The van der Waals surface area contributed by atoms with Crippen LogP contribution in [0.15, 0.2) is 48.2 Å². The Bertz CT molecular complexity index is 905. The Morgan fingerprint density at radius 1 is 1.11 bits per heavy atom. The molecule has 7 nitrogen and oxygen atoms in total. The van der Waals surface area contributed by atoms with Gasteiger partial charge in [0.25, 0.3) is 5.91 Å². The molecule has 0 aliphatic carbocycles. The summed E-state index contributed by atoms with van der Waals surface area (Å²) < 4.78 is 5.20. The molecule has 2 aromatic heterocycles. The molecule has 0 atom stereocenters. The van der Waals surface area contributed by atoms with Crippen LogP contribution in [0.5, 0.6) is 5.75 Å². The molecule has 1 aliphatic heterocycles. The summed E-state index contributed by atoms with van der Waals surface area (Å²) in [5.74, 6) is 0.811. The number of aromatic nitrogens is 3. The first-order chi connectivity index (χ1) is 13.2. The normalized spacial score (nSPS) is 14.3. The Hall–Kier alpha value is -3.00. The zero-order valence-corrected chi connectivity index (χ0v) is 15.7. The number of methoxy groups -OCH3 is 1. The molecule has 1 saturated heterocycles. The third-order valence-electron chi connectivity index (χ3n) is 4.51. The van der Waals surface area contributed by atoms with E-state index in [0.717, 1.165) is 24.5 Å². The predicted molar refractivity (Wildman–Crippen MR) is 104 cm³/mol. The number of hydrogen-bond acceptors (Lipinski definition) is 7. The Balaban J connectivity index is 1.39. The third-order valence-corrected chi connectivity index (χ3v) is 5.37. The van der Waals surface area contributed by atoms with E-state index in [1.165, 1.54) is 11.3 Å². The Morgan fingerprint density at radius 2 is 1.89 bits per heavy atom. The summed E-state index contributed by atoms with van der Waals surface area (Å²) in [6.07, 6.45) is 4.89. The molecule has 3 aromatic rings. The van der Waals surface area contributed by atoms with Gasteiger partial charge in [-0.05, 0) is 24.3 Å². The van der Waals surface area contributed by atoms with E-state index in [0.29, 0.717) is 29.5 Å². The molecule has 138 valence electrons. The van der Waals surface area contributed by atoms with E-state index in [1.54, 1.807) is 31.1 Å². The molecule has 0 radical (unpaired) electrons. The van der Waals surface area contributed by atoms with Crippen molar-refractivity contribution in [2.24, 2.45) is 0 Å². The smallest absolute Gasteiger partial charge is 0.273 e. The lowest BCUT2D eigenvalue weighted by molar-refractivity contribution is 0.0742. The molecule has 1 amide bonds. The zero-order valence-electron chi connectivity index (χ0n) is 14.9. The highest BCUT2D eigenvalue weighted by molar-refractivity contribution is 7.13. The van der Waals surface area contributed by atoms with Gasteiger partial charge < -0.3 is 14.5 Å². The lowest BCUT2D eigenvalue weighted by Crippen LogP contribution is -2.48. The highest BCUT2D eigenvalue weighted by Gasteiger charge is 2.24. The van der Waals surface area contributed by atoms with E-state index in [-0.39, 0.29) is 5.91 Å². The van der Waals surface area contributed by atoms with Gasteiger partial charge in [0.15, 0.2) is 0 Å². The van der Waals surface area contributed by atoms with Gasteiger partial charge >= 0.3 is 0 Å². The van der Waals surface area contributed by atoms with Gasteiger partial charge in [-0.1, -0.05) is 0 Å². The van der Waals surface area contributed by atoms with Crippen molar-refractivity contribution in [2.45, 2.75) is 0 Å². The van der Waals surface area contributed by atoms with E-state index < -0.39 is 0 Å². The van der Waals surface area contributed by atoms with E-state index in [9.17, 15) is 4.79 Å². The summed E-state index contributed by atoms with van der Waals surface area (Å²) in [6.45, 7) is 2.92. The monoisotopic (exact) mass is 381 g/mol. The molecule has 1 aliphatic rings. The molecule has 27 heavy (non-hydrogen) atoms. The van der Waals surface area contributed by atoms with Crippen LogP contribution in [0.4, 0.5) is 5.69 Å². The molecule has 3 heterocycles. The average molecular weight is 381 g/mol. The number of amides is 1. The van der Waals surface area contributed by atoms with Gasteiger partial charge in [-0.15, -0.1) is 11.3 Å². The largest absolute Gasteiger partial charge is 0.497 e. The van der Waals surface area contributed by atoms with Gasteiger partial charge in [-0.2, -0.15) is 0 Å². The van der Waals surface area contributed by atoms with Crippen LogP contribution in [0.2, 0.25) is 0 Å².